The molecule has 0 aliphatic rings. The first-order valence-corrected chi connectivity index (χ1v) is 6.02. The standard InChI is InChI=1S/C9H7ClF3NOS/c1-16(14-8(15)9(11,12)13)7-4-2-6(10)3-5-7/h2-5H,1H3. The second-order valence-corrected chi connectivity index (χ2v) is 4.87. The third-order valence-corrected chi connectivity index (χ3v) is 3.26. The van der Waals surface area contributed by atoms with E-state index in [1.165, 1.54) is 18.4 Å². The number of hydrogen-bond acceptors (Lipinski definition) is 1. The zero-order valence-corrected chi connectivity index (χ0v) is 9.66. The summed E-state index contributed by atoms with van der Waals surface area (Å²) in [6.45, 7) is 0. The second-order valence-electron chi connectivity index (χ2n) is 2.83. The molecule has 0 bridgehead atoms. The molecule has 0 aliphatic carbocycles. The maximum atomic E-state index is 11.9. The number of amides is 1. The van der Waals surface area contributed by atoms with Gasteiger partial charge in [0.1, 0.15) is 0 Å². The fourth-order valence-corrected chi connectivity index (χ4v) is 1.97. The smallest absolute Gasteiger partial charge is 0.261 e. The highest BCUT2D eigenvalue weighted by Crippen LogP contribution is 2.19. The van der Waals surface area contributed by atoms with Crippen molar-refractivity contribution in [1.29, 1.82) is 0 Å². The third kappa shape index (κ3) is 3.61. The van der Waals surface area contributed by atoms with Crippen LogP contribution in [0.2, 0.25) is 5.02 Å². The predicted molar refractivity (Wildman–Crippen MR) is 56.5 cm³/mol. The topological polar surface area (TPSA) is 29.4 Å². The van der Waals surface area contributed by atoms with E-state index in [4.69, 9.17) is 11.6 Å². The van der Waals surface area contributed by atoms with Crippen molar-refractivity contribution in [2.75, 3.05) is 6.26 Å². The lowest BCUT2D eigenvalue weighted by molar-refractivity contribution is -0.169. The Morgan fingerprint density at radius 2 is 1.81 bits per heavy atom. The molecule has 0 heterocycles. The Morgan fingerprint density at radius 1 is 1.31 bits per heavy atom. The quantitative estimate of drug-likeness (QED) is 0.770. The van der Waals surface area contributed by atoms with Crippen molar-refractivity contribution in [2.45, 2.75) is 11.1 Å². The van der Waals surface area contributed by atoms with Crippen LogP contribution < -0.4 is 0 Å². The summed E-state index contributed by atoms with van der Waals surface area (Å²) < 4.78 is 38.9. The Morgan fingerprint density at radius 3 is 2.25 bits per heavy atom. The summed E-state index contributed by atoms with van der Waals surface area (Å²) in [6, 6.07) is 6.15. The first-order chi connectivity index (χ1) is 7.30. The summed E-state index contributed by atoms with van der Waals surface area (Å²) in [5.41, 5.74) is 0. The number of benzene rings is 1. The molecule has 1 aromatic rings. The molecule has 16 heavy (non-hydrogen) atoms. The van der Waals surface area contributed by atoms with Gasteiger partial charge in [0.05, 0.1) is 0 Å². The van der Waals surface area contributed by atoms with E-state index in [9.17, 15) is 18.0 Å². The first-order valence-electron chi connectivity index (χ1n) is 4.05. The van der Waals surface area contributed by atoms with Gasteiger partial charge in [-0.3, -0.25) is 4.79 Å². The number of rotatable bonds is 1. The van der Waals surface area contributed by atoms with Gasteiger partial charge in [-0.15, -0.1) is 0 Å². The zero-order chi connectivity index (χ0) is 12.3. The van der Waals surface area contributed by atoms with Crippen LogP contribution in [-0.2, 0) is 15.5 Å². The van der Waals surface area contributed by atoms with Crippen LogP contribution >= 0.6 is 11.6 Å². The van der Waals surface area contributed by atoms with Crippen LogP contribution in [0.15, 0.2) is 33.5 Å². The molecule has 2 nitrogen and oxygen atoms in total. The van der Waals surface area contributed by atoms with Crippen molar-refractivity contribution in [3.8, 4) is 0 Å². The fraction of sp³-hybridized carbons (Fsp3) is 0.222. The number of hydrogen-bond donors (Lipinski definition) is 0. The Hall–Kier alpha value is -0.880. The predicted octanol–water partition coefficient (Wildman–Crippen LogP) is 3.22. The largest absolute Gasteiger partial charge is 0.474 e. The van der Waals surface area contributed by atoms with E-state index in [1.54, 1.807) is 12.1 Å². The lowest BCUT2D eigenvalue weighted by atomic mass is 10.4. The minimum atomic E-state index is -4.91. The van der Waals surface area contributed by atoms with Gasteiger partial charge >= 0.3 is 12.1 Å². The molecule has 1 aromatic carbocycles. The van der Waals surface area contributed by atoms with E-state index in [1.807, 2.05) is 0 Å². The second kappa shape index (κ2) is 4.97. The van der Waals surface area contributed by atoms with Gasteiger partial charge in [0.25, 0.3) is 0 Å². The maximum Gasteiger partial charge on any atom is 0.474 e. The van der Waals surface area contributed by atoms with Crippen molar-refractivity contribution in [2.24, 2.45) is 4.36 Å². The van der Waals surface area contributed by atoms with Crippen molar-refractivity contribution in [1.82, 2.24) is 0 Å². The van der Waals surface area contributed by atoms with E-state index < -0.39 is 22.8 Å². The molecule has 1 amide bonds. The molecule has 0 N–H and O–H groups in total. The SMILES string of the molecule is CS(=NC(=O)C(F)(F)F)c1ccc(Cl)cc1. The minimum absolute atomic E-state index is 0.475. The molecular formula is C9H7ClF3NOS. The molecule has 0 radical (unpaired) electrons. The summed E-state index contributed by atoms with van der Waals surface area (Å²) in [6.07, 6.45) is -3.47. The molecule has 1 rings (SSSR count). The third-order valence-electron chi connectivity index (χ3n) is 1.62. The van der Waals surface area contributed by atoms with Crippen LogP contribution in [0.25, 0.3) is 0 Å². The summed E-state index contributed by atoms with van der Waals surface area (Å²) in [5, 5.41) is 0.475. The minimum Gasteiger partial charge on any atom is -0.261 e. The molecule has 1 atom stereocenters. The zero-order valence-electron chi connectivity index (χ0n) is 8.08. The van der Waals surface area contributed by atoms with Gasteiger partial charge in [-0.25, -0.2) is 0 Å². The highest BCUT2D eigenvalue weighted by atomic mass is 35.5. The molecule has 0 saturated carbocycles. The highest BCUT2D eigenvalue weighted by Gasteiger charge is 2.38. The normalized spacial score (nSPS) is 13.8. The van der Waals surface area contributed by atoms with Crippen LogP contribution in [-0.4, -0.2) is 18.3 Å². The number of carbonyl (C=O) groups excluding carboxylic acids is 1. The number of carbonyl (C=O) groups is 1. The molecular weight excluding hydrogens is 263 g/mol. The Balaban J connectivity index is 2.94. The van der Waals surface area contributed by atoms with Gasteiger partial charge in [-0.2, -0.15) is 17.5 Å². The number of nitrogens with zero attached hydrogens (tertiary/aromatic N) is 1. The maximum absolute atomic E-state index is 11.9. The molecule has 0 saturated heterocycles. The molecule has 0 aromatic heterocycles. The summed E-state index contributed by atoms with van der Waals surface area (Å²) >= 11 is 5.62. The van der Waals surface area contributed by atoms with Crippen LogP contribution in [0.1, 0.15) is 0 Å². The van der Waals surface area contributed by atoms with E-state index in [0.717, 1.165) is 0 Å². The lowest BCUT2D eigenvalue weighted by Gasteiger charge is -2.03. The summed E-state index contributed by atoms with van der Waals surface area (Å²) in [4.78, 5) is 11.1. The van der Waals surface area contributed by atoms with E-state index in [2.05, 4.69) is 4.36 Å². The molecule has 0 aliphatic heterocycles. The average Bonchev–Trinajstić information content (AvgIpc) is 2.17. The Kier molecular flexibility index (Phi) is 4.09. The van der Waals surface area contributed by atoms with Crippen LogP contribution in [0, 0.1) is 0 Å². The monoisotopic (exact) mass is 269 g/mol. The van der Waals surface area contributed by atoms with Gasteiger partial charge in [0.15, 0.2) is 0 Å². The van der Waals surface area contributed by atoms with E-state index >= 15 is 0 Å². The molecule has 0 spiro atoms. The molecule has 0 fully saturated rings. The summed E-state index contributed by atoms with van der Waals surface area (Å²) in [5.74, 6) is -2.06. The van der Waals surface area contributed by atoms with Crippen LogP contribution in [0.4, 0.5) is 13.2 Å². The lowest BCUT2D eigenvalue weighted by Crippen LogP contribution is -2.20. The Labute approximate surface area is 97.5 Å². The average molecular weight is 270 g/mol. The number of alkyl halides is 3. The van der Waals surface area contributed by atoms with Gasteiger partial charge in [0.2, 0.25) is 0 Å². The first kappa shape index (κ1) is 13.2. The van der Waals surface area contributed by atoms with Crippen molar-refractivity contribution in [3.05, 3.63) is 29.3 Å². The van der Waals surface area contributed by atoms with E-state index in [0.29, 0.717) is 9.92 Å². The van der Waals surface area contributed by atoms with Crippen molar-refractivity contribution in [3.63, 3.8) is 0 Å². The fourth-order valence-electron chi connectivity index (χ4n) is 0.860. The molecule has 7 heteroatoms. The van der Waals surface area contributed by atoms with Gasteiger partial charge in [-0.05, 0) is 30.5 Å². The summed E-state index contributed by atoms with van der Waals surface area (Å²) in [7, 11) is -1.12. The van der Waals surface area contributed by atoms with E-state index in [-0.39, 0.29) is 0 Å². The highest BCUT2D eigenvalue weighted by molar-refractivity contribution is 7.87. The molecule has 88 valence electrons. The van der Waals surface area contributed by atoms with Crippen LogP contribution in [0.3, 0.4) is 0 Å². The van der Waals surface area contributed by atoms with Crippen molar-refractivity contribution >= 4 is 28.2 Å². The van der Waals surface area contributed by atoms with Gasteiger partial charge in [0, 0.05) is 9.92 Å². The van der Waals surface area contributed by atoms with Gasteiger partial charge in [-0.1, -0.05) is 22.3 Å². The van der Waals surface area contributed by atoms with Crippen LogP contribution in [0.5, 0.6) is 0 Å². The Bertz CT molecular complexity index is 427. The number of halogens is 4. The van der Waals surface area contributed by atoms with Gasteiger partial charge < -0.3 is 0 Å². The van der Waals surface area contributed by atoms with Crippen molar-refractivity contribution < 1.29 is 18.0 Å². The molecule has 1 unspecified atom stereocenters.